The highest BCUT2D eigenvalue weighted by molar-refractivity contribution is 5.85. The van der Waals surface area contributed by atoms with Crippen molar-refractivity contribution in [3.05, 3.63) is 0 Å². The summed E-state index contributed by atoms with van der Waals surface area (Å²) < 4.78 is 0. The zero-order valence-electron chi connectivity index (χ0n) is 14.1. The molecule has 0 saturated carbocycles. The van der Waals surface area contributed by atoms with E-state index in [2.05, 4.69) is 5.43 Å². The van der Waals surface area contributed by atoms with Gasteiger partial charge in [-0.1, -0.05) is 20.3 Å². The number of Topliss-reactive ketones (excluding diaryl/α,β-unsaturated/α-hetero) is 3. The first kappa shape index (κ1) is 22.2. The molecule has 6 nitrogen and oxygen atoms in total. The van der Waals surface area contributed by atoms with E-state index in [9.17, 15) is 14.4 Å². The van der Waals surface area contributed by atoms with Gasteiger partial charge in [0.2, 0.25) is 0 Å². The third-order valence-electron chi connectivity index (χ3n) is 2.81. The first-order chi connectivity index (χ1) is 9.88. The molecule has 1 unspecified atom stereocenters. The van der Waals surface area contributed by atoms with E-state index in [4.69, 9.17) is 5.84 Å². The lowest BCUT2D eigenvalue weighted by Crippen LogP contribution is -2.45. The van der Waals surface area contributed by atoms with Gasteiger partial charge in [-0.05, 0) is 33.6 Å². The lowest BCUT2D eigenvalue weighted by Gasteiger charge is -2.28. The summed E-state index contributed by atoms with van der Waals surface area (Å²) in [5.74, 6) is 5.08. The molecule has 0 aromatic rings. The third-order valence-corrected chi connectivity index (χ3v) is 2.81. The summed E-state index contributed by atoms with van der Waals surface area (Å²) in [4.78, 5) is 35.9. The van der Waals surface area contributed by atoms with Crippen molar-refractivity contribution in [2.24, 2.45) is 5.84 Å². The molecule has 0 rings (SSSR count). The summed E-state index contributed by atoms with van der Waals surface area (Å²) in [5, 5.41) is 0. The number of nitrogens with zero attached hydrogens (tertiary/aromatic N) is 1. The Kier molecular flexibility index (Phi) is 14.6. The van der Waals surface area contributed by atoms with Crippen molar-refractivity contribution < 1.29 is 14.4 Å². The summed E-state index contributed by atoms with van der Waals surface area (Å²) >= 11 is 0. The van der Waals surface area contributed by atoms with Gasteiger partial charge in [-0.2, -0.15) is 0 Å². The van der Waals surface area contributed by atoms with E-state index in [1.54, 1.807) is 4.90 Å². The minimum atomic E-state index is -0.370. The highest BCUT2D eigenvalue weighted by Gasteiger charge is 2.24. The molecule has 0 spiro atoms. The van der Waals surface area contributed by atoms with Crippen LogP contribution in [0.3, 0.4) is 0 Å². The molecule has 0 amide bonds. The van der Waals surface area contributed by atoms with Crippen LogP contribution < -0.4 is 11.3 Å². The number of nitrogens with two attached hydrogens (primary N) is 1. The number of rotatable bonds is 11. The molecule has 0 radical (unpaired) electrons. The van der Waals surface area contributed by atoms with Crippen molar-refractivity contribution in [1.82, 2.24) is 10.3 Å². The second-order valence-corrected chi connectivity index (χ2v) is 4.89. The quantitative estimate of drug-likeness (QED) is 0.337. The van der Waals surface area contributed by atoms with Crippen LogP contribution in [-0.4, -0.2) is 47.9 Å². The van der Waals surface area contributed by atoms with E-state index in [0.717, 1.165) is 12.8 Å². The van der Waals surface area contributed by atoms with Gasteiger partial charge in [0.25, 0.3) is 0 Å². The van der Waals surface area contributed by atoms with Gasteiger partial charge in [-0.3, -0.25) is 30.6 Å². The van der Waals surface area contributed by atoms with Gasteiger partial charge in [0.1, 0.15) is 17.3 Å². The maximum Gasteiger partial charge on any atom is 0.146 e. The van der Waals surface area contributed by atoms with Crippen LogP contribution in [0.2, 0.25) is 0 Å². The lowest BCUT2D eigenvalue weighted by molar-refractivity contribution is -0.127. The molecule has 0 fully saturated rings. The van der Waals surface area contributed by atoms with Gasteiger partial charge in [-0.15, -0.1) is 0 Å². The van der Waals surface area contributed by atoms with Crippen LogP contribution in [0.4, 0.5) is 0 Å². The van der Waals surface area contributed by atoms with Gasteiger partial charge < -0.3 is 0 Å². The van der Waals surface area contributed by atoms with Crippen LogP contribution in [-0.2, 0) is 14.4 Å². The molecule has 0 heterocycles. The van der Waals surface area contributed by atoms with E-state index < -0.39 is 0 Å². The number of carbonyl (C=O) groups excluding carboxylic acids is 3. The normalized spacial score (nSPS) is 11.6. The van der Waals surface area contributed by atoms with Gasteiger partial charge in [-0.25, -0.2) is 0 Å². The monoisotopic (exact) mass is 301 g/mol. The molecule has 21 heavy (non-hydrogen) atoms. The van der Waals surface area contributed by atoms with Crippen LogP contribution in [0.25, 0.3) is 0 Å². The third kappa shape index (κ3) is 12.3. The van der Waals surface area contributed by atoms with Crippen LogP contribution in [0.5, 0.6) is 0 Å². The average Bonchev–Trinajstić information content (AvgIpc) is 2.38. The number of hydrogen-bond acceptors (Lipinski definition) is 6. The first-order valence-corrected chi connectivity index (χ1v) is 7.55. The molecule has 0 aliphatic carbocycles. The molecule has 0 aliphatic heterocycles. The minimum Gasteiger partial charge on any atom is -0.299 e. The number of carbonyl (C=O) groups is 3. The smallest absolute Gasteiger partial charge is 0.146 e. The summed E-state index contributed by atoms with van der Waals surface area (Å²) in [6.45, 7) is 9.38. The van der Waals surface area contributed by atoms with Crippen molar-refractivity contribution in [3.8, 4) is 0 Å². The maximum absolute atomic E-state index is 11.7. The van der Waals surface area contributed by atoms with Crippen molar-refractivity contribution in [1.29, 1.82) is 0 Å². The molecule has 0 bridgehead atoms. The molecular formula is C15H31N3O3. The molecule has 6 heteroatoms. The molecule has 0 aromatic heterocycles. The van der Waals surface area contributed by atoms with Crippen LogP contribution in [0.1, 0.15) is 53.9 Å². The number of ketones is 3. The Labute approximate surface area is 128 Å². The molecular weight excluding hydrogens is 270 g/mol. The SMILES string of the molecule is CC.CC(=O)CN(CC(C)=O)C(CCCCNN)C(C)=O. The Balaban J connectivity index is 0. The summed E-state index contributed by atoms with van der Waals surface area (Å²) in [5.41, 5.74) is 2.56. The number of hydrogen-bond donors (Lipinski definition) is 2. The second-order valence-electron chi connectivity index (χ2n) is 4.89. The fraction of sp³-hybridized carbons (Fsp3) is 0.800. The van der Waals surface area contributed by atoms with Crippen molar-refractivity contribution in [3.63, 3.8) is 0 Å². The molecule has 1 atom stereocenters. The summed E-state index contributed by atoms with van der Waals surface area (Å²) in [6.07, 6.45) is 2.31. The van der Waals surface area contributed by atoms with Crippen molar-refractivity contribution in [2.45, 2.75) is 59.9 Å². The fourth-order valence-electron chi connectivity index (χ4n) is 2.06. The Morgan fingerprint density at radius 2 is 1.48 bits per heavy atom. The van der Waals surface area contributed by atoms with Gasteiger partial charge >= 0.3 is 0 Å². The highest BCUT2D eigenvalue weighted by Crippen LogP contribution is 2.10. The van der Waals surface area contributed by atoms with E-state index in [1.807, 2.05) is 13.8 Å². The number of nitrogens with one attached hydrogen (secondary N) is 1. The van der Waals surface area contributed by atoms with E-state index >= 15 is 0 Å². The van der Waals surface area contributed by atoms with Crippen molar-refractivity contribution in [2.75, 3.05) is 19.6 Å². The van der Waals surface area contributed by atoms with Crippen LogP contribution in [0.15, 0.2) is 0 Å². The maximum atomic E-state index is 11.7. The van der Waals surface area contributed by atoms with E-state index in [1.165, 1.54) is 20.8 Å². The summed E-state index contributed by atoms with van der Waals surface area (Å²) in [7, 11) is 0. The Morgan fingerprint density at radius 3 is 1.81 bits per heavy atom. The Morgan fingerprint density at radius 1 is 1.00 bits per heavy atom. The van der Waals surface area contributed by atoms with Crippen LogP contribution >= 0.6 is 0 Å². The predicted octanol–water partition coefficient (Wildman–Crippen LogP) is 1.08. The van der Waals surface area contributed by atoms with E-state index in [0.29, 0.717) is 13.0 Å². The Bertz CT molecular complexity index is 303. The number of unbranched alkanes of at least 4 members (excludes halogenated alkanes) is 1. The molecule has 3 N–H and O–H groups in total. The first-order valence-electron chi connectivity index (χ1n) is 7.55. The van der Waals surface area contributed by atoms with E-state index in [-0.39, 0.29) is 36.5 Å². The lowest BCUT2D eigenvalue weighted by atomic mass is 10.0. The van der Waals surface area contributed by atoms with Crippen molar-refractivity contribution >= 4 is 17.3 Å². The fourth-order valence-corrected chi connectivity index (χ4v) is 2.06. The average molecular weight is 301 g/mol. The van der Waals surface area contributed by atoms with Gasteiger partial charge in [0.05, 0.1) is 19.1 Å². The second kappa shape index (κ2) is 13.9. The van der Waals surface area contributed by atoms with Crippen LogP contribution in [0, 0.1) is 0 Å². The zero-order valence-corrected chi connectivity index (χ0v) is 14.1. The molecule has 0 aliphatic rings. The topological polar surface area (TPSA) is 92.5 Å². The Hall–Kier alpha value is -1.11. The van der Waals surface area contributed by atoms with Gasteiger partial charge in [0, 0.05) is 6.54 Å². The molecule has 0 saturated heterocycles. The molecule has 0 aromatic carbocycles. The predicted molar refractivity (Wildman–Crippen MR) is 84.8 cm³/mol. The number of hydrazine groups is 1. The minimum absolute atomic E-state index is 0.0109. The standard InChI is InChI=1S/C13H25N3O3.C2H6/c1-10(17)8-16(9-11(2)18)13(12(3)19)6-4-5-7-15-14;1-2/h13,15H,4-9,14H2,1-3H3;1-2H3. The molecule has 124 valence electrons. The summed E-state index contributed by atoms with van der Waals surface area (Å²) in [6, 6.07) is -0.370. The largest absolute Gasteiger partial charge is 0.299 e. The zero-order chi connectivity index (χ0) is 16.8. The highest BCUT2D eigenvalue weighted by atomic mass is 16.1. The van der Waals surface area contributed by atoms with Gasteiger partial charge in [0.15, 0.2) is 0 Å².